The summed E-state index contributed by atoms with van der Waals surface area (Å²) in [5, 5.41) is 9.71. The zero-order chi connectivity index (χ0) is 9.56. The molecule has 0 aliphatic rings. The maximum absolute atomic E-state index is 9.71. The van der Waals surface area contributed by atoms with Crippen molar-refractivity contribution in [3.63, 3.8) is 0 Å². The summed E-state index contributed by atoms with van der Waals surface area (Å²) in [7, 11) is 0. The van der Waals surface area contributed by atoms with E-state index in [4.69, 9.17) is 0 Å². The van der Waals surface area contributed by atoms with E-state index in [1.54, 1.807) is 0 Å². The third kappa shape index (κ3) is 3.55. The number of rotatable bonds is 6. The smallest absolute Gasteiger partial charge is 0.0692 e. The van der Waals surface area contributed by atoms with Gasteiger partial charge >= 0.3 is 0 Å². The highest BCUT2D eigenvalue weighted by Gasteiger charge is 2.17. The number of likely N-dealkylation sites (N-methyl/N-ethyl adjacent to an activating group) is 1. The zero-order valence-electron chi connectivity index (χ0n) is 8.88. The number of hydrogen-bond donors (Lipinski definition) is 1. The molecule has 0 aromatic heterocycles. The fourth-order valence-corrected chi connectivity index (χ4v) is 1.58. The Morgan fingerprint density at radius 1 is 1.17 bits per heavy atom. The lowest BCUT2D eigenvalue weighted by atomic mass is 10.1. The molecule has 0 saturated heterocycles. The molecule has 0 bridgehead atoms. The molecule has 0 aromatic carbocycles. The van der Waals surface area contributed by atoms with Gasteiger partial charge in [-0.2, -0.15) is 0 Å². The summed E-state index contributed by atoms with van der Waals surface area (Å²) < 4.78 is 0. The number of aliphatic hydroxyl groups is 1. The maximum Gasteiger partial charge on any atom is 0.0692 e. The van der Waals surface area contributed by atoms with Crippen molar-refractivity contribution >= 4 is 0 Å². The Kier molecular flexibility index (Phi) is 6.39. The standard InChI is InChI=1S/C10H23NO/c1-5-8-10(12)9(4)11(6-2)7-3/h9-10,12H,5-8H2,1-4H3. The van der Waals surface area contributed by atoms with Crippen LogP contribution in [0, 0.1) is 0 Å². The highest BCUT2D eigenvalue weighted by molar-refractivity contribution is 4.72. The van der Waals surface area contributed by atoms with Crippen molar-refractivity contribution < 1.29 is 5.11 Å². The molecule has 0 heterocycles. The molecule has 0 amide bonds. The Balaban J connectivity index is 3.87. The molecule has 1 N–H and O–H groups in total. The lowest BCUT2D eigenvalue weighted by Gasteiger charge is -2.30. The maximum atomic E-state index is 9.71. The fraction of sp³-hybridized carbons (Fsp3) is 1.00. The third-order valence-corrected chi connectivity index (χ3v) is 2.53. The summed E-state index contributed by atoms with van der Waals surface area (Å²) in [6, 6.07) is 0.306. The van der Waals surface area contributed by atoms with Crippen LogP contribution in [0.2, 0.25) is 0 Å². The quantitative estimate of drug-likeness (QED) is 0.663. The van der Waals surface area contributed by atoms with Gasteiger partial charge in [0.15, 0.2) is 0 Å². The molecule has 0 aromatic rings. The molecular formula is C10H23NO. The van der Waals surface area contributed by atoms with Crippen molar-refractivity contribution in [2.75, 3.05) is 13.1 Å². The van der Waals surface area contributed by atoms with E-state index in [0.29, 0.717) is 6.04 Å². The van der Waals surface area contributed by atoms with Crippen molar-refractivity contribution in [2.24, 2.45) is 0 Å². The second-order valence-corrected chi connectivity index (χ2v) is 3.32. The van der Waals surface area contributed by atoms with Gasteiger partial charge in [0.25, 0.3) is 0 Å². The molecule has 2 heteroatoms. The van der Waals surface area contributed by atoms with Crippen LogP contribution in [0.15, 0.2) is 0 Å². The summed E-state index contributed by atoms with van der Waals surface area (Å²) in [6.45, 7) is 10.5. The average molecular weight is 173 g/mol. The van der Waals surface area contributed by atoms with Gasteiger partial charge in [-0.15, -0.1) is 0 Å². The molecule has 0 aliphatic heterocycles. The van der Waals surface area contributed by atoms with Crippen LogP contribution >= 0.6 is 0 Å². The predicted octanol–water partition coefficient (Wildman–Crippen LogP) is 1.88. The monoisotopic (exact) mass is 173 g/mol. The largest absolute Gasteiger partial charge is 0.392 e. The van der Waals surface area contributed by atoms with E-state index in [-0.39, 0.29) is 6.10 Å². The first-order chi connectivity index (χ1) is 5.67. The molecule has 0 aliphatic carbocycles. The van der Waals surface area contributed by atoms with E-state index in [0.717, 1.165) is 25.9 Å². The normalized spacial score (nSPS) is 16.5. The summed E-state index contributed by atoms with van der Waals surface area (Å²) >= 11 is 0. The first kappa shape index (κ1) is 11.9. The van der Waals surface area contributed by atoms with E-state index in [9.17, 15) is 5.11 Å². The predicted molar refractivity (Wildman–Crippen MR) is 53.3 cm³/mol. The Hall–Kier alpha value is -0.0800. The minimum absolute atomic E-state index is 0.158. The summed E-state index contributed by atoms with van der Waals surface area (Å²) in [4.78, 5) is 2.29. The Morgan fingerprint density at radius 2 is 1.67 bits per heavy atom. The van der Waals surface area contributed by atoms with E-state index < -0.39 is 0 Å². The number of aliphatic hydroxyl groups excluding tert-OH is 1. The molecule has 2 unspecified atom stereocenters. The van der Waals surface area contributed by atoms with Gasteiger partial charge in [-0.25, -0.2) is 0 Å². The number of nitrogens with zero attached hydrogens (tertiary/aromatic N) is 1. The molecule has 2 atom stereocenters. The molecule has 0 saturated carbocycles. The highest BCUT2D eigenvalue weighted by Crippen LogP contribution is 2.08. The van der Waals surface area contributed by atoms with E-state index >= 15 is 0 Å². The van der Waals surface area contributed by atoms with Gasteiger partial charge in [0, 0.05) is 6.04 Å². The minimum atomic E-state index is -0.158. The van der Waals surface area contributed by atoms with Gasteiger partial charge in [-0.3, -0.25) is 4.90 Å². The van der Waals surface area contributed by atoms with E-state index in [2.05, 4.69) is 32.6 Å². The molecule has 0 spiro atoms. The summed E-state index contributed by atoms with van der Waals surface area (Å²) in [6.07, 6.45) is 1.82. The van der Waals surface area contributed by atoms with Crippen molar-refractivity contribution in [1.82, 2.24) is 4.90 Å². The topological polar surface area (TPSA) is 23.5 Å². The molecule has 74 valence electrons. The molecule has 0 fully saturated rings. The third-order valence-electron chi connectivity index (χ3n) is 2.53. The van der Waals surface area contributed by atoms with Gasteiger partial charge in [-0.05, 0) is 26.4 Å². The van der Waals surface area contributed by atoms with Crippen molar-refractivity contribution in [1.29, 1.82) is 0 Å². The summed E-state index contributed by atoms with van der Waals surface area (Å²) in [5.41, 5.74) is 0. The highest BCUT2D eigenvalue weighted by atomic mass is 16.3. The first-order valence-electron chi connectivity index (χ1n) is 5.09. The summed E-state index contributed by atoms with van der Waals surface area (Å²) in [5.74, 6) is 0. The van der Waals surface area contributed by atoms with E-state index in [1.165, 1.54) is 0 Å². The Morgan fingerprint density at radius 3 is 2.00 bits per heavy atom. The van der Waals surface area contributed by atoms with Crippen LogP contribution in [0.4, 0.5) is 0 Å². The van der Waals surface area contributed by atoms with Gasteiger partial charge in [0.2, 0.25) is 0 Å². The minimum Gasteiger partial charge on any atom is -0.392 e. The Labute approximate surface area is 76.6 Å². The second kappa shape index (κ2) is 6.44. The molecule has 0 radical (unpaired) electrons. The fourth-order valence-electron chi connectivity index (χ4n) is 1.58. The van der Waals surface area contributed by atoms with Crippen LogP contribution in [0.5, 0.6) is 0 Å². The van der Waals surface area contributed by atoms with Crippen LogP contribution in [0.1, 0.15) is 40.5 Å². The average Bonchev–Trinajstić information content (AvgIpc) is 2.07. The molecular weight excluding hydrogens is 150 g/mol. The molecule has 2 nitrogen and oxygen atoms in total. The lowest BCUT2D eigenvalue weighted by molar-refractivity contribution is 0.0577. The van der Waals surface area contributed by atoms with Gasteiger partial charge in [0.1, 0.15) is 0 Å². The van der Waals surface area contributed by atoms with Crippen LogP contribution in [-0.4, -0.2) is 35.2 Å². The first-order valence-corrected chi connectivity index (χ1v) is 5.09. The van der Waals surface area contributed by atoms with Crippen molar-refractivity contribution in [2.45, 2.75) is 52.7 Å². The van der Waals surface area contributed by atoms with Crippen molar-refractivity contribution in [3.05, 3.63) is 0 Å². The van der Waals surface area contributed by atoms with Gasteiger partial charge in [0.05, 0.1) is 6.10 Å². The molecule has 12 heavy (non-hydrogen) atoms. The van der Waals surface area contributed by atoms with Crippen LogP contribution < -0.4 is 0 Å². The van der Waals surface area contributed by atoms with Crippen molar-refractivity contribution in [3.8, 4) is 0 Å². The zero-order valence-corrected chi connectivity index (χ0v) is 8.88. The molecule has 0 rings (SSSR count). The second-order valence-electron chi connectivity index (χ2n) is 3.32. The van der Waals surface area contributed by atoms with Crippen LogP contribution in [0.25, 0.3) is 0 Å². The number of hydrogen-bond acceptors (Lipinski definition) is 2. The Bertz CT molecular complexity index is 102. The van der Waals surface area contributed by atoms with E-state index in [1.807, 2.05) is 0 Å². The van der Waals surface area contributed by atoms with Gasteiger partial charge in [-0.1, -0.05) is 27.2 Å². The van der Waals surface area contributed by atoms with Crippen LogP contribution in [-0.2, 0) is 0 Å². The van der Waals surface area contributed by atoms with Crippen LogP contribution in [0.3, 0.4) is 0 Å². The lowest BCUT2D eigenvalue weighted by Crippen LogP contribution is -2.41. The van der Waals surface area contributed by atoms with Gasteiger partial charge < -0.3 is 5.11 Å². The SMILES string of the molecule is CCCC(O)C(C)N(CC)CC.